The standard InChI is InChI=1S/C18H10N2O4S3/c21-16-14(9-12-5-6-13(24-12)15-19-7-8-26-15)27-18(25)20(16)11-3-1-10(2-4-11)17(22)23/h1-9H,(H,22,23). The molecule has 1 amide bonds. The van der Waals surface area contributed by atoms with Crippen LogP contribution in [0, 0.1) is 0 Å². The SMILES string of the molecule is O=C(O)c1ccc(N2C(=O)C(=Cc3ccc(-c4nccs4)o3)SC2=S)cc1. The largest absolute Gasteiger partial charge is 0.478 e. The van der Waals surface area contributed by atoms with Crippen LogP contribution in [0.5, 0.6) is 0 Å². The van der Waals surface area contributed by atoms with Crippen LogP contribution in [0.15, 0.2) is 57.3 Å². The zero-order valence-corrected chi connectivity index (χ0v) is 15.9. The van der Waals surface area contributed by atoms with Gasteiger partial charge in [-0.1, -0.05) is 24.0 Å². The Labute approximate surface area is 167 Å². The molecule has 1 fully saturated rings. The molecule has 4 rings (SSSR count). The maximum Gasteiger partial charge on any atom is 0.335 e. The molecule has 0 atom stereocenters. The fourth-order valence-electron chi connectivity index (χ4n) is 2.46. The first kappa shape index (κ1) is 17.7. The monoisotopic (exact) mass is 414 g/mol. The molecule has 0 radical (unpaired) electrons. The van der Waals surface area contributed by atoms with Crippen LogP contribution in [-0.4, -0.2) is 26.3 Å². The molecule has 9 heteroatoms. The average molecular weight is 414 g/mol. The van der Waals surface area contributed by atoms with Crippen molar-refractivity contribution in [2.45, 2.75) is 0 Å². The van der Waals surface area contributed by atoms with E-state index in [9.17, 15) is 9.59 Å². The zero-order valence-electron chi connectivity index (χ0n) is 13.5. The van der Waals surface area contributed by atoms with Crippen LogP contribution in [0.3, 0.4) is 0 Å². The highest BCUT2D eigenvalue weighted by molar-refractivity contribution is 8.27. The van der Waals surface area contributed by atoms with E-state index in [1.54, 1.807) is 36.5 Å². The minimum Gasteiger partial charge on any atom is -0.478 e. The van der Waals surface area contributed by atoms with Crippen molar-refractivity contribution in [2.75, 3.05) is 4.90 Å². The number of carbonyl (C=O) groups excluding carboxylic acids is 1. The van der Waals surface area contributed by atoms with Gasteiger partial charge in [-0.15, -0.1) is 11.3 Å². The summed E-state index contributed by atoms with van der Waals surface area (Å²) in [5, 5.41) is 11.6. The number of amides is 1. The Balaban J connectivity index is 1.59. The molecule has 0 unspecified atom stereocenters. The first-order valence-corrected chi connectivity index (χ1v) is 9.74. The number of thiocarbonyl (C=S) groups is 1. The molecule has 0 saturated carbocycles. The summed E-state index contributed by atoms with van der Waals surface area (Å²) in [6, 6.07) is 9.57. The molecule has 1 aliphatic rings. The summed E-state index contributed by atoms with van der Waals surface area (Å²) >= 11 is 7.95. The first-order chi connectivity index (χ1) is 13.0. The predicted molar refractivity (Wildman–Crippen MR) is 109 cm³/mol. The van der Waals surface area contributed by atoms with Crippen LogP contribution >= 0.6 is 35.3 Å². The van der Waals surface area contributed by atoms with Crippen molar-refractivity contribution in [2.24, 2.45) is 0 Å². The Morgan fingerprint density at radius 1 is 1.22 bits per heavy atom. The lowest BCUT2D eigenvalue weighted by Crippen LogP contribution is -2.27. The number of carbonyl (C=O) groups is 2. The second-order valence-electron chi connectivity index (χ2n) is 5.41. The lowest BCUT2D eigenvalue weighted by Gasteiger charge is -2.14. The van der Waals surface area contributed by atoms with Crippen LogP contribution in [0.25, 0.3) is 16.8 Å². The highest BCUT2D eigenvalue weighted by atomic mass is 32.2. The van der Waals surface area contributed by atoms with Gasteiger partial charge < -0.3 is 9.52 Å². The van der Waals surface area contributed by atoms with Gasteiger partial charge in [0.1, 0.15) is 5.76 Å². The fourth-order valence-corrected chi connectivity index (χ4v) is 4.34. The van der Waals surface area contributed by atoms with E-state index in [0.29, 0.717) is 26.4 Å². The summed E-state index contributed by atoms with van der Waals surface area (Å²) in [5.41, 5.74) is 0.666. The second kappa shape index (κ2) is 7.10. The van der Waals surface area contributed by atoms with Gasteiger partial charge in [0.15, 0.2) is 15.1 Å². The Hall–Kier alpha value is -2.75. The molecule has 2 aromatic heterocycles. The lowest BCUT2D eigenvalue weighted by molar-refractivity contribution is -0.113. The van der Waals surface area contributed by atoms with Gasteiger partial charge in [0.2, 0.25) is 0 Å². The molecular weight excluding hydrogens is 404 g/mol. The summed E-state index contributed by atoms with van der Waals surface area (Å²) in [7, 11) is 0. The van der Waals surface area contributed by atoms with Crippen molar-refractivity contribution in [3.05, 3.63) is 64.2 Å². The quantitative estimate of drug-likeness (QED) is 0.497. The minimum absolute atomic E-state index is 0.144. The summed E-state index contributed by atoms with van der Waals surface area (Å²) in [5.74, 6) is -0.140. The van der Waals surface area contributed by atoms with E-state index in [4.69, 9.17) is 21.7 Å². The first-order valence-electron chi connectivity index (χ1n) is 7.64. The molecule has 1 saturated heterocycles. The molecule has 134 valence electrons. The molecule has 1 aromatic carbocycles. The third kappa shape index (κ3) is 3.44. The molecule has 3 heterocycles. The van der Waals surface area contributed by atoms with Gasteiger partial charge >= 0.3 is 5.97 Å². The maximum atomic E-state index is 12.8. The van der Waals surface area contributed by atoms with Crippen molar-refractivity contribution < 1.29 is 19.1 Å². The minimum atomic E-state index is -1.03. The van der Waals surface area contributed by atoms with Crippen molar-refractivity contribution in [1.82, 2.24) is 4.98 Å². The summed E-state index contributed by atoms with van der Waals surface area (Å²) in [4.78, 5) is 29.7. The number of anilines is 1. The lowest BCUT2D eigenvalue weighted by atomic mass is 10.2. The highest BCUT2D eigenvalue weighted by Gasteiger charge is 2.33. The third-order valence-corrected chi connectivity index (χ3v) is 5.80. The third-order valence-electron chi connectivity index (χ3n) is 3.71. The van der Waals surface area contributed by atoms with Gasteiger partial charge in [-0.05, 0) is 36.4 Å². The van der Waals surface area contributed by atoms with Gasteiger partial charge in [0, 0.05) is 17.7 Å². The Morgan fingerprint density at radius 3 is 2.67 bits per heavy atom. The van der Waals surface area contributed by atoms with Gasteiger partial charge in [-0.3, -0.25) is 9.69 Å². The molecule has 0 spiro atoms. The Morgan fingerprint density at radius 2 is 2.00 bits per heavy atom. The van der Waals surface area contributed by atoms with E-state index in [0.717, 1.165) is 5.01 Å². The number of hydrogen-bond donors (Lipinski definition) is 1. The number of carboxylic acids is 1. The van der Waals surface area contributed by atoms with Gasteiger partial charge in [-0.2, -0.15) is 0 Å². The summed E-state index contributed by atoms with van der Waals surface area (Å²) in [6.45, 7) is 0. The van der Waals surface area contributed by atoms with Gasteiger partial charge in [-0.25, -0.2) is 9.78 Å². The average Bonchev–Trinajstić information content (AvgIpc) is 3.37. The smallest absolute Gasteiger partial charge is 0.335 e. The topological polar surface area (TPSA) is 83.6 Å². The number of nitrogens with zero attached hydrogens (tertiary/aromatic N) is 2. The molecule has 3 aromatic rings. The normalized spacial score (nSPS) is 15.7. The summed E-state index contributed by atoms with van der Waals surface area (Å²) in [6.07, 6.45) is 3.34. The van der Waals surface area contributed by atoms with Gasteiger partial charge in [0.25, 0.3) is 5.91 Å². The molecular formula is C18H10N2O4S3. The van der Waals surface area contributed by atoms with Crippen molar-refractivity contribution in [3.63, 3.8) is 0 Å². The number of carboxylic acid groups (broad SMARTS) is 1. The maximum absolute atomic E-state index is 12.8. The number of rotatable bonds is 4. The van der Waals surface area contributed by atoms with Crippen LogP contribution in [-0.2, 0) is 4.79 Å². The van der Waals surface area contributed by atoms with Crippen LogP contribution < -0.4 is 4.90 Å². The highest BCUT2D eigenvalue weighted by Crippen LogP contribution is 2.36. The van der Waals surface area contributed by atoms with Crippen molar-refractivity contribution in [3.8, 4) is 10.8 Å². The molecule has 1 aliphatic heterocycles. The number of furan rings is 1. The zero-order chi connectivity index (χ0) is 19.0. The number of aromatic nitrogens is 1. The van der Waals surface area contributed by atoms with E-state index in [1.807, 2.05) is 5.38 Å². The van der Waals surface area contributed by atoms with Crippen LogP contribution in [0.1, 0.15) is 16.1 Å². The van der Waals surface area contributed by atoms with Crippen LogP contribution in [0.4, 0.5) is 5.69 Å². The van der Waals surface area contributed by atoms with Crippen molar-refractivity contribution in [1.29, 1.82) is 0 Å². The molecule has 0 bridgehead atoms. The van der Waals surface area contributed by atoms with Crippen LogP contribution in [0.2, 0.25) is 0 Å². The van der Waals surface area contributed by atoms with E-state index < -0.39 is 5.97 Å². The number of thioether (sulfide) groups is 1. The van der Waals surface area contributed by atoms with E-state index in [-0.39, 0.29) is 11.5 Å². The van der Waals surface area contributed by atoms with Crippen molar-refractivity contribution >= 4 is 63.3 Å². The Bertz CT molecular complexity index is 1070. The van der Waals surface area contributed by atoms with Gasteiger partial charge in [0.05, 0.1) is 16.2 Å². The summed E-state index contributed by atoms with van der Waals surface area (Å²) < 4.78 is 6.11. The predicted octanol–water partition coefficient (Wildman–Crippen LogP) is 4.51. The molecule has 1 N–H and O–H groups in total. The number of benzene rings is 1. The molecule has 27 heavy (non-hydrogen) atoms. The molecule has 6 nitrogen and oxygen atoms in total. The van der Waals surface area contributed by atoms with E-state index >= 15 is 0 Å². The number of aromatic carboxylic acids is 1. The second-order valence-corrected chi connectivity index (χ2v) is 7.98. The van der Waals surface area contributed by atoms with E-state index in [2.05, 4.69) is 4.98 Å². The molecule has 0 aliphatic carbocycles. The van der Waals surface area contributed by atoms with E-state index in [1.165, 1.54) is 40.1 Å². The Kier molecular flexibility index (Phi) is 4.65. The number of hydrogen-bond acceptors (Lipinski definition) is 7. The fraction of sp³-hybridized carbons (Fsp3) is 0. The number of thiazole rings is 1.